The maximum atomic E-state index is 12.3. The maximum absolute atomic E-state index is 12.3. The van der Waals surface area contributed by atoms with E-state index in [9.17, 15) is 14.4 Å². The average Bonchev–Trinajstić information content (AvgIpc) is 2.73. The molecule has 0 aliphatic heterocycles. The van der Waals surface area contributed by atoms with E-state index in [0.717, 1.165) is 0 Å². The molecule has 2 N–H and O–H groups in total. The van der Waals surface area contributed by atoms with Crippen molar-refractivity contribution < 1.29 is 28.6 Å². The fourth-order valence-corrected chi connectivity index (χ4v) is 2.39. The lowest BCUT2D eigenvalue weighted by Crippen LogP contribution is -2.36. The summed E-state index contributed by atoms with van der Waals surface area (Å²) < 4.78 is 15.5. The van der Waals surface area contributed by atoms with Crippen LogP contribution in [0.2, 0.25) is 0 Å². The Kier molecular flexibility index (Phi) is 8.02. The number of esters is 1. The Hall–Kier alpha value is -3.55. The molecular formula is C21H24N2O6. The van der Waals surface area contributed by atoms with Crippen LogP contribution >= 0.6 is 0 Å². The Morgan fingerprint density at radius 1 is 1.03 bits per heavy atom. The van der Waals surface area contributed by atoms with Crippen LogP contribution < -0.4 is 20.1 Å². The molecule has 0 radical (unpaired) electrons. The largest absolute Gasteiger partial charge is 0.497 e. The molecule has 0 aliphatic rings. The van der Waals surface area contributed by atoms with Gasteiger partial charge in [-0.15, -0.1) is 0 Å². The number of ether oxygens (including phenoxy) is 3. The van der Waals surface area contributed by atoms with Crippen molar-refractivity contribution in [3.8, 4) is 11.5 Å². The molecule has 0 bridgehead atoms. The van der Waals surface area contributed by atoms with Crippen LogP contribution in [0.3, 0.4) is 0 Å². The summed E-state index contributed by atoms with van der Waals surface area (Å²) in [5.41, 5.74) is 0.854. The lowest BCUT2D eigenvalue weighted by atomic mass is 10.2. The van der Waals surface area contributed by atoms with E-state index < -0.39 is 23.9 Å². The number of carbonyl (C=O) groups is 3. The molecule has 0 saturated carbocycles. The molecule has 154 valence electrons. The molecule has 2 rings (SSSR count). The number of amides is 2. The molecule has 2 aromatic rings. The van der Waals surface area contributed by atoms with Gasteiger partial charge >= 0.3 is 5.97 Å². The van der Waals surface area contributed by atoms with Gasteiger partial charge in [0.05, 0.1) is 19.3 Å². The molecule has 1 atom stereocenters. The molecule has 0 aliphatic carbocycles. The number of carbonyl (C=O) groups excluding carboxylic acids is 3. The minimum absolute atomic E-state index is 0.312. The van der Waals surface area contributed by atoms with E-state index in [0.29, 0.717) is 29.4 Å². The second-order valence-corrected chi connectivity index (χ2v) is 5.96. The Morgan fingerprint density at radius 2 is 1.72 bits per heavy atom. The molecule has 8 heteroatoms. The van der Waals surface area contributed by atoms with Gasteiger partial charge in [-0.1, -0.05) is 12.1 Å². The molecule has 0 spiro atoms. The zero-order chi connectivity index (χ0) is 21.2. The zero-order valence-corrected chi connectivity index (χ0v) is 16.6. The minimum Gasteiger partial charge on any atom is -0.497 e. The quantitative estimate of drug-likeness (QED) is 0.627. The van der Waals surface area contributed by atoms with Crippen molar-refractivity contribution in [3.63, 3.8) is 0 Å². The number of hydrogen-bond acceptors (Lipinski definition) is 6. The predicted octanol–water partition coefficient (Wildman–Crippen LogP) is 2.39. The van der Waals surface area contributed by atoms with Crippen LogP contribution in [-0.2, 0) is 14.3 Å². The maximum Gasteiger partial charge on any atom is 0.326 e. The third-order valence-electron chi connectivity index (χ3n) is 3.86. The average molecular weight is 400 g/mol. The van der Waals surface area contributed by atoms with E-state index in [4.69, 9.17) is 14.2 Å². The Bertz CT molecular complexity index is 851. The highest BCUT2D eigenvalue weighted by atomic mass is 16.5. The lowest BCUT2D eigenvalue weighted by molar-refractivity contribution is -0.152. The number of anilines is 1. The highest BCUT2D eigenvalue weighted by Crippen LogP contribution is 2.18. The van der Waals surface area contributed by atoms with Crippen molar-refractivity contribution >= 4 is 23.5 Å². The lowest BCUT2D eigenvalue weighted by Gasteiger charge is -2.14. The number of rotatable bonds is 9. The van der Waals surface area contributed by atoms with E-state index >= 15 is 0 Å². The first kappa shape index (κ1) is 21.7. The van der Waals surface area contributed by atoms with Crippen molar-refractivity contribution in [2.24, 2.45) is 0 Å². The summed E-state index contributed by atoms with van der Waals surface area (Å²) >= 11 is 0. The first-order valence-electron chi connectivity index (χ1n) is 9.09. The summed E-state index contributed by atoms with van der Waals surface area (Å²) in [5, 5.41) is 5.10. The third kappa shape index (κ3) is 6.53. The van der Waals surface area contributed by atoms with Gasteiger partial charge in [0, 0.05) is 5.69 Å². The zero-order valence-electron chi connectivity index (χ0n) is 16.6. The van der Waals surface area contributed by atoms with Gasteiger partial charge in [0.15, 0.2) is 6.10 Å². The number of benzene rings is 2. The predicted molar refractivity (Wildman–Crippen MR) is 107 cm³/mol. The summed E-state index contributed by atoms with van der Waals surface area (Å²) in [6.45, 7) is 3.29. The fraction of sp³-hybridized carbons (Fsp3) is 0.286. The second kappa shape index (κ2) is 10.7. The molecular weight excluding hydrogens is 376 g/mol. The standard InChI is InChI=1S/C21H24N2O6/c1-4-28-18-8-6-5-7-17(18)21(26)22-13-19(24)29-14(2)20(25)23-15-9-11-16(27-3)12-10-15/h5-12,14H,4,13H2,1-3H3,(H,22,26)(H,23,25). The highest BCUT2D eigenvalue weighted by Gasteiger charge is 2.19. The number of hydrogen-bond donors (Lipinski definition) is 2. The van der Waals surface area contributed by atoms with Crippen molar-refractivity contribution in [2.45, 2.75) is 20.0 Å². The summed E-state index contributed by atoms with van der Waals surface area (Å²) in [6, 6.07) is 13.4. The van der Waals surface area contributed by atoms with E-state index in [1.165, 1.54) is 6.92 Å². The number of nitrogens with one attached hydrogen (secondary N) is 2. The highest BCUT2D eigenvalue weighted by molar-refractivity contribution is 5.99. The smallest absolute Gasteiger partial charge is 0.326 e. The van der Waals surface area contributed by atoms with Gasteiger partial charge < -0.3 is 24.8 Å². The van der Waals surface area contributed by atoms with Gasteiger partial charge in [0.25, 0.3) is 11.8 Å². The van der Waals surface area contributed by atoms with Crippen LogP contribution in [0.15, 0.2) is 48.5 Å². The van der Waals surface area contributed by atoms with Crippen LogP contribution in [0, 0.1) is 0 Å². The summed E-state index contributed by atoms with van der Waals surface area (Å²) in [4.78, 5) is 36.4. The van der Waals surface area contributed by atoms with Crippen molar-refractivity contribution in [1.82, 2.24) is 5.32 Å². The van der Waals surface area contributed by atoms with E-state index in [1.54, 1.807) is 55.6 Å². The van der Waals surface area contributed by atoms with Gasteiger partial charge in [-0.3, -0.25) is 14.4 Å². The van der Waals surface area contributed by atoms with Gasteiger partial charge in [-0.25, -0.2) is 0 Å². The van der Waals surface area contributed by atoms with Gasteiger partial charge in [-0.05, 0) is 50.2 Å². The Labute approximate surface area is 169 Å². The molecule has 2 aromatic carbocycles. The molecule has 0 saturated heterocycles. The van der Waals surface area contributed by atoms with Crippen molar-refractivity contribution in [3.05, 3.63) is 54.1 Å². The molecule has 8 nitrogen and oxygen atoms in total. The van der Waals surface area contributed by atoms with Gasteiger partial charge in [-0.2, -0.15) is 0 Å². The third-order valence-corrected chi connectivity index (χ3v) is 3.86. The van der Waals surface area contributed by atoms with Crippen LogP contribution in [0.25, 0.3) is 0 Å². The van der Waals surface area contributed by atoms with E-state index in [1.807, 2.05) is 6.92 Å². The normalized spacial score (nSPS) is 11.1. The Morgan fingerprint density at radius 3 is 2.38 bits per heavy atom. The van der Waals surface area contributed by atoms with Crippen molar-refractivity contribution in [1.29, 1.82) is 0 Å². The molecule has 0 aromatic heterocycles. The second-order valence-electron chi connectivity index (χ2n) is 5.96. The molecule has 2 amide bonds. The van der Waals surface area contributed by atoms with E-state index in [2.05, 4.69) is 10.6 Å². The molecule has 0 fully saturated rings. The fourth-order valence-electron chi connectivity index (χ4n) is 2.39. The summed E-state index contributed by atoms with van der Waals surface area (Å²) in [6.07, 6.45) is -1.03. The van der Waals surface area contributed by atoms with Crippen LogP contribution in [0.4, 0.5) is 5.69 Å². The number of methoxy groups -OCH3 is 1. The summed E-state index contributed by atoms with van der Waals surface area (Å²) in [7, 11) is 1.54. The monoisotopic (exact) mass is 400 g/mol. The Balaban J connectivity index is 1.83. The first-order chi connectivity index (χ1) is 13.9. The molecule has 0 heterocycles. The van der Waals surface area contributed by atoms with Crippen molar-refractivity contribution in [2.75, 3.05) is 25.6 Å². The van der Waals surface area contributed by atoms with Crippen LogP contribution in [-0.4, -0.2) is 44.1 Å². The minimum atomic E-state index is -1.03. The topological polar surface area (TPSA) is 103 Å². The van der Waals surface area contributed by atoms with E-state index in [-0.39, 0.29) is 6.54 Å². The summed E-state index contributed by atoms with van der Waals surface area (Å²) in [5.74, 6) is -0.611. The SMILES string of the molecule is CCOc1ccccc1C(=O)NCC(=O)OC(C)C(=O)Nc1ccc(OC)cc1. The van der Waals surface area contributed by atoms with Gasteiger partial charge in [0.2, 0.25) is 0 Å². The first-order valence-corrected chi connectivity index (χ1v) is 9.09. The molecule has 29 heavy (non-hydrogen) atoms. The molecule has 1 unspecified atom stereocenters. The number of para-hydroxylation sites is 1. The van der Waals surface area contributed by atoms with Crippen LogP contribution in [0.1, 0.15) is 24.2 Å². The van der Waals surface area contributed by atoms with Gasteiger partial charge in [0.1, 0.15) is 18.0 Å². The van der Waals surface area contributed by atoms with Crippen LogP contribution in [0.5, 0.6) is 11.5 Å².